The Bertz CT molecular complexity index is 1050. The van der Waals surface area contributed by atoms with Crippen molar-refractivity contribution in [1.29, 1.82) is 0 Å². The van der Waals surface area contributed by atoms with Crippen LogP contribution in [0.5, 0.6) is 0 Å². The maximum absolute atomic E-state index is 13.3. The molecule has 31 heavy (non-hydrogen) atoms. The monoisotopic (exact) mass is 419 g/mol. The lowest BCUT2D eigenvalue weighted by Gasteiger charge is -2.44. The molecule has 0 spiro atoms. The van der Waals surface area contributed by atoms with Crippen LogP contribution in [-0.2, 0) is 15.1 Å². The number of piperidine rings is 1. The molecule has 0 unspecified atom stereocenters. The van der Waals surface area contributed by atoms with Gasteiger partial charge in [-0.1, -0.05) is 49.2 Å². The smallest absolute Gasteiger partial charge is 0.325 e. The highest BCUT2D eigenvalue weighted by Gasteiger charge is 2.50. The molecule has 3 fully saturated rings. The van der Waals surface area contributed by atoms with Crippen molar-refractivity contribution in [3.05, 3.63) is 48.0 Å². The van der Waals surface area contributed by atoms with Gasteiger partial charge in [-0.2, -0.15) is 0 Å². The van der Waals surface area contributed by atoms with E-state index in [1.54, 1.807) is 6.92 Å². The third kappa shape index (κ3) is 3.38. The number of nitrogens with one attached hydrogen (secondary N) is 1. The molecule has 6 nitrogen and oxygen atoms in total. The van der Waals surface area contributed by atoms with E-state index >= 15 is 0 Å². The highest BCUT2D eigenvalue weighted by Crippen LogP contribution is 2.36. The second-order valence-electron chi connectivity index (χ2n) is 9.35. The van der Waals surface area contributed by atoms with E-state index in [0.717, 1.165) is 47.0 Å². The molecule has 162 valence electrons. The second kappa shape index (κ2) is 7.66. The molecular weight excluding hydrogens is 390 g/mol. The van der Waals surface area contributed by atoms with Gasteiger partial charge in [-0.05, 0) is 60.9 Å². The van der Waals surface area contributed by atoms with E-state index in [0.29, 0.717) is 5.92 Å². The van der Waals surface area contributed by atoms with Crippen LogP contribution in [0.15, 0.2) is 42.5 Å². The average Bonchev–Trinajstić information content (AvgIpc) is 3.02. The van der Waals surface area contributed by atoms with Crippen LogP contribution in [-0.4, -0.2) is 46.8 Å². The summed E-state index contributed by atoms with van der Waals surface area (Å²) in [5.41, 5.74) is -0.443. The molecule has 4 amide bonds. The topological polar surface area (TPSA) is 69.7 Å². The van der Waals surface area contributed by atoms with E-state index in [4.69, 9.17) is 0 Å². The SMILES string of the molecule is C[C@]1(c2ccc3ccccc3c2)NC(=O)N(CC(=O)N2CCC[C@H]3CCCC[C@H]32)C1=O. The molecule has 0 bridgehead atoms. The summed E-state index contributed by atoms with van der Waals surface area (Å²) in [4.78, 5) is 42.3. The molecule has 2 aromatic carbocycles. The lowest BCUT2D eigenvalue weighted by molar-refractivity contribution is -0.142. The Morgan fingerprint density at radius 3 is 2.61 bits per heavy atom. The summed E-state index contributed by atoms with van der Waals surface area (Å²) < 4.78 is 0. The van der Waals surface area contributed by atoms with Gasteiger partial charge < -0.3 is 10.2 Å². The van der Waals surface area contributed by atoms with E-state index in [1.807, 2.05) is 47.4 Å². The van der Waals surface area contributed by atoms with Crippen molar-refractivity contribution in [1.82, 2.24) is 15.1 Å². The predicted molar refractivity (Wildman–Crippen MR) is 118 cm³/mol. The number of fused-ring (bicyclic) bond motifs is 2. The zero-order chi connectivity index (χ0) is 21.6. The molecule has 1 saturated carbocycles. The lowest BCUT2D eigenvalue weighted by atomic mass is 9.78. The molecule has 2 aliphatic heterocycles. The Labute approximate surface area is 182 Å². The summed E-state index contributed by atoms with van der Waals surface area (Å²) in [7, 11) is 0. The quantitative estimate of drug-likeness (QED) is 0.770. The minimum Gasteiger partial charge on any atom is -0.338 e. The third-order valence-electron chi connectivity index (χ3n) is 7.46. The van der Waals surface area contributed by atoms with Crippen LogP contribution >= 0.6 is 0 Å². The van der Waals surface area contributed by atoms with Crippen LogP contribution < -0.4 is 5.32 Å². The minimum absolute atomic E-state index is 0.108. The van der Waals surface area contributed by atoms with Crippen molar-refractivity contribution in [3.8, 4) is 0 Å². The number of amides is 4. The fourth-order valence-electron chi connectivity index (χ4n) is 5.70. The second-order valence-corrected chi connectivity index (χ2v) is 9.35. The van der Waals surface area contributed by atoms with E-state index in [9.17, 15) is 14.4 Å². The van der Waals surface area contributed by atoms with Gasteiger partial charge in [-0.3, -0.25) is 14.5 Å². The highest BCUT2D eigenvalue weighted by atomic mass is 16.2. The molecule has 0 aromatic heterocycles. The minimum atomic E-state index is -1.17. The van der Waals surface area contributed by atoms with Crippen LogP contribution in [0.25, 0.3) is 10.8 Å². The van der Waals surface area contributed by atoms with E-state index < -0.39 is 11.6 Å². The Kier molecular flexibility index (Phi) is 4.95. The summed E-state index contributed by atoms with van der Waals surface area (Å²) in [6.07, 6.45) is 6.77. The number of likely N-dealkylation sites (tertiary alicyclic amines) is 1. The number of carbonyl (C=O) groups excluding carboxylic acids is 3. The summed E-state index contributed by atoms with van der Waals surface area (Å²) in [5.74, 6) is 0.0959. The van der Waals surface area contributed by atoms with Crippen LogP contribution in [0.4, 0.5) is 4.79 Å². The molecule has 0 radical (unpaired) electrons. The Morgan fingerprint density at radius 1 is 1.03 bits per heavy atom. The number of benzene rings is 2. The number of nitrogens with zero attached hydrogens (tertiary/aromatic N) is 2. The fraction of sp³-hybridized carbons (Fsp3) is 0.480. The largest absolute Gasteiger partial charge is 0.338 e. The lowest BCUT2D eigenvalue weighted by Crippen LogP contribution is -2.53. The zero-order valence-electron chi connectivity index (χ0n) is 18.0. The number of imide groups is 1. The Morgan fingerprint density at radius 2 is 1.77 bits per heavy atom. The molecular formula is C25H29N3O3. The summed E-state index contributed by atoms with van der Waals surface area (Å²) in [6.45, 7) is 2.27. The van der Waals surface area contributed by atoms with Crippen molar-refractivity contribution in [2.24, 2.45) is 5.92 Å². The number of rotatable bonds is 3. The molecule has 1 N–H and O–H groups in total. The van der Waals surface area contributed by atoms with Gasteiger partial charge in [0, 0.05) is 12.6 Å². The first-order valence-corrected chi connectivity index (χ1v) is 11.4. The first kappa shape index (κ1) is 20.0. The first-order valence-electron chi connectivity index (χ1n) is 11.4. The number of hydrogen-bond donors (Lipinski definition) is 1. The van der Waals surface area contributed by atoms with E-state index in [-0.39, 0.29) is 24.4 Å². The van der Waals surface area contributed by atoms with Gasteiger partial charge in [0.1, 0.15) is 12.1 Å². The molecule has 3 atom stereocenters. The van der Waals surface area contributed by atoms with Crippen molar-refractivity contribution in [2.75, 3.05) is 13.1 Å². The zero-order valence-corrected chi connectivity index (χ0v) is 18.0. The van der Waals surface area contributed by atoms with Gasteiger partial charge in [0.2, 0.25) is 5.91 Å². The number of hydrogen-bond acceptors (Lipinski definition) is 3. The average molecular weight is 420 g/mol. The Hall–Kier alpha value is -2.89. The van der Waals surface area contributed by atoms with Gasteiger partial charge in [0.15, 0.2) is 0 Å². The number of urea groups is 1. The van der Waals surface area contributed by atoms with Crippen molar-refractivity contribution >= 4 is 28.6 Å². The molecule has 2 saturated heterocycles. The van der Waals surface area contributed by atoms with Crippen molar-refractivity contribution in [2.45, 2.75) is 57.0 Å². The van der Waals surface area contributed by atoms with E-state index in [1.165, 1.54) is 19.3 Å². The van der Waals surface area contributed by atoms with Crippen molar-refractivity contribution < 1.29 is 14.4 Å². The maximum atomic E-state index is 13.3. The molecule has 2 aromatic rings. The van der Waals surface area contributed by atoms with Crippen LogP contribution in [0.1, 0.15) is 51.0 Å². The van der Waals surface area contributed by atoms with Gasteiger partial charge in [0.05, 0.1) is 0 Å². The molecule has 1 aliphatic carbocycles. The summed E-state index contributed by atoms with van der Waals surface area (Å²) >= 11 is 0. The first-order chi connectivity index (χ1) is 15.0. The molecule has 3 aliphatic rings. The third-order valence-corrected chi connectivity index (χ3v) is 7.46. The Balaban J connectivity index is 1.36. The van der Waals surface area contributed by atoms with Crippen molar-refractivity contribution in [3.63, 3.8) is 0 Å². The van der Waals surface area contributed by atoms with Gasteiger partial charge in [-0.15, -0.1) is 0 Å². The summed E-state index contributed by atoms with van der Waals surface area (Å²) in [5, 5.41) is 4.93. The summed E-state index contributed by atoms with van der Waals surface area (Å²) in [6, 6.07) is 13.5. The predicted octanol–water partition coefficient (Wildman–Crippen LogP) is 3.79. The number of carbonyl (C=O) groups is 3. The molecule has 5 rings (SSSR count). The maximum Gasteiger partial charge on any atom is 0.325 e. The van der Waals surface area contributed by atoms with Crippen LogP contribution in [0.3, 0.4) is 0 Å². The normalized spacial score (nSPS) is 28.5. The van der Waals surface area contributed by atoms with Gasteiger partial charge >= 0.3 is 6.03 Å². The highest BCUT2D eigenvalue weighted by molar-refractivity contribution is 6.09. The van der Waals surface area contributed by atoms with Crippen LogP contribution in [0, 0.1) is 5.92 Å². The standard InChI is InChI=1S/C25H29N3O3/c1-25(20-13-12-17-7-2-3-9-19(17)15-20)23(30)28(24(31)26-25)16-22(29)27-14-6-10-18-8-4-5-11-21(18)27/h2-3,7,9,12-13,15,18,21H,4-6,8,10-11,14,16H2,1H3,(H,26,31)/t18-,21-,25-/m1/s1. The van der Waals surface area contributed by atoms with E-state index in [2.05, 4.69) is 5.32 Å². The molecule has 2 heterocycles. The van der Waals surface area contributed by atoms with Gasteiger partial charge in [0.25, 0.3) is 5.91 Å². The van der Waals surface area contributed by atoms with Crippen LogP contribution in [0.2, 0.25) is 0 Å². The fourth-order valence-corrected chi connectivity index (χ4v) is 5.70. The van der Waals surface area contributed by atoms with Gasteiger partial charge in [-0.25, -0.2) is 4.79 Å². The molecule has 6 heteroatoms.